The van der Waals surface area contributed by atoms with E-state index < -0.39 is 17.2 Å². The van der Waals surface area contributed by atoms with Gasteiger partial charge in [0.05, 0.1) is 25.6 Å². The molecule has 0 aliphatic carbocycles. The first kappa shape index (κ1) is 19.3. The summed E-state index contributed by atoms with van der Waals surface area (Å²) in [6.07, 6.45) is 0. The molecule has 0 atom stereocenters. The van der Waals surface area contributed by atoms with Crippen molar-refractivity contribution in [2.45, 2.75) is 20.8 Å². The minimum Gasteiger partial charge on any atom is -0.495 e. The van der Waals surface area contributed by atoms with Crippen LogP contribution in [0.3, 0.4) is 0 Å². The summed E-state index contributed by atoms with van der Waals surface area (Å²) in [6.45, 7) is 5.04. The monoisotopic (exact) mass is 356 g/mol. The van der Waals surface area contributed by atoms with Gasteiger partial charge in [-0.15, -0.1) is 0 Å². The molecule has 2 aromatic carbocycles. The lowest BCUT2D eigenvalue weighted by molar-refractivity contribution is -0.135. The van der Waals surface area contributed by atoms with Gasteiger partial charge < -0.3 is 20.1 Å². The molecule has 6 heteroatoms. The first-order valence-corrected chi connectivity index (χ1v) is 8.20. The van der Waals surface area contributed by atoms with E-state index in [1.165, 1.54) is 14.2 Å². The number of para-hydroxylation sites is 2. The number of methoxy groups -OCH3 is 2. The number of rotatable bonds is 6. The van der Waals surface area contributed by atoms with Crippen LogP contribution in [0.25, 0.3) is 0 Å². The summed E-state index contributed by atoms with van der Waals surface area (Å²) < 4.78 is 10.5. The third-order valence-corrected chi connectivity index (χ3v) is 4.09. The second kappa shape index (κ2) is 7.91. The van der Waals surface area contributed by atoms with Crippen LogP contribution in [-0.2, 0) is 9.59 Å². The van der Waals surface area contributed by atoms with Crippen molar-refractivity contribution in [2.75, 3.05) is 24.9 Å². The smallest absolute Gasteiger partial charge is 0.239 e. The topological polar surface area (TPSA) is 76.7 Å². The number of ether oxygens (including phenoxy) is 2. The van der Waals surface area contributed by atoms with Crippen molar-refractivity contribution in [3.63, 3.8) is 0 Å². The fourth-order valence-corrected chi connectivity index (χ4v) is 2.33. The van der Waals surface area contributed by atoms with Crippen LogP contribution in [0, 0.1) is 12.3 Å². The molecule has 0 bridgehead atoms. The predicted octanol–water partition coefficient (Wildman–Crippen LogP) is 3.62. The van der Waals surface area contributed by atoms with Crippen LogP contribution in [0.1, 0.15) is 19.4 Å². The Morgan fingerprint density at radius 1 is 0.846 bits per heavy atom. The van der Waals surface area contributed by atoms with Gasteiger partial charge in [0.15, 0.2) is 0 Å². The van der Waals surface area contributed by atoms with Gasteiger partial charge in [-0.05, 0) is 50.6 Å². The molecule has 2 N–H and O–H groups in total. The van der Waals surface area contributed by atoms with Crippen LogP contribution in [0.2, 0.25) is 0 Å². The van der Waals surface area contributed by atoms with Gasteiger partial charge in [-0.2, -0.15) is 0 Å². The van der Waals surface area contributed by atoms with E-state index in [1.807, 2.05) is 13.0 Å². The molecule has 0 unspecified atom stereocenters. The first-order valence-electron chi connectivity index (χ1n) is 8.20. The van der Waals surface area contributed by atoms with E-state index in [2.05, 4.69) is 10.6 Å². The minimum absolute atomic E-state index is 0.436. The van der Waals surface area contributed by atoms with Gasteiger partial charge in [-0.3, -0.25) is 9.59 Å². The van der Waals surface area contributed by atoms with Crippen molar-refractivity contribution in [3.8, 4) is 11.5 Å². The van der Waals surface area contributed by atoms with Crippen molar-refractivity contribution < 1.29 is 19.1 Å². The summed E-state index contributed by atoms with van der Waals surface area (Å²) in [5, 5.41) is 5.53. The SMILES string of the molecule is COc1ccccc1NC(=O)C(C)(C)C(=O)Nc1cc(C)ccc1OC. The molecular weight excluding hydrogens is 332 g/mol. The lowest BCUT2D eigenvalue weighted by Gasteiger charge is -2.24. The maximum atomic E-state index is 12.7. The van der Waals surface area contributed by atoms with Crippen molar-refractivity contribution in [1.29, 1.82) is 0 Å². The van der Waals surface area contributed by atoms with Crippen molar-refractivity contribution in [2.24, 2.45) is 5.41 Å². The summed E-state index contributed by atoms with van der Waals surface area (Å²) >= 11 is 0. The average molecular weight is 356 g/mol. The Labute approximate surface area is 153 Å². The molecule has 0 radical (unpaired) electrons. The Morgan fingerprint density at radius 3 is 2.00 bits per heavy atom. The summed E-state index contributed by atoms with van der Waals surface area (Å²) in [5.74, 6) is 0.183. The second-order valence-corrected chi connectivity index (χ2v) is 6.44. The van der Waals surface area contributed by atoms with E-state index in [4.69, 9.17) is 9.47 Å². The second-order valence-electron chi connectivity index (χ2n) is 6.44. The number of nitrogens with one attached hydrogen (secondary N) is 2. The number of anilines is 2. The highest BCUT2D eigenvalue weighted by molar-refractivity contribution is 6.14. The molecule has 0 aliphatic rings. The number of carbonyl (C=O) groups excluding carboxylic acids is 2. The predicted molar refractivity (Wildman–Crippen MR) is 102 cm³/mol. The van der Waals surface area contributed by atoms with Crippen molar-refractivity contribution in [3.05, 3.63) is 48.0 Å². The third kappa shape index (κ3) is 4.14. The van der Waals surface area contributed by atoms with Gasteiger partial charge in [-0.25, -0.2) is 0 Å². The Balaban J connectivity index is 2.19. The molecule has 6 nitrogen and oxygen atoms in total. The standard InChI is InChI=1S/C20H24N2O4/c1-13-10-11-17(26-5)15(12-13)22-19(24)20(2,3)18(23)21-14-8-6-7-9-16(14)25-4/h6-12H,1-5H3,(H,21,23)(H,22,24). The highest BCUT2D eigenvalue weighted by atomic mass is 16.5. The van der Waals surface area contributed by atoms with Gasteiger partial charge in [0.1, 0.15) is 16.9 Å². The van der Waals surface area contributed by atoms with Gasteiger partial charge >= 0.3 is 0 Å². The van der Waals surface area contributed by atoms with Gasteiger partial charge in [-0.1, -0.05) is 18.2 Å². The van der Waals surface area contributed by atoms with Crippen molar-refractivity contribution in [1.82, 2.24) is 0 Å². The van der Waals surface area contributed by atoms with Crippen molar-refractivity contribution >= 4 is 23.2 Å². The van der Waals surface area contributed by atoms with Gasteiger partial charge in [0, 0.05) is 0 Å². The van der Waals surface area contributed by atoms with E-state index in [9.17, 15) is 9.59 Å². The average Bonchev–Trinajstić information content (AvgIpc) is 2.62. The molecule has 0 saturated carbocycles. The van der Waals surface area contributed by atoms with E-state index >= 15 is 0 Å². The maximum absolute atomic E-state index is 12.7. The largest absolute Gasteiger partial charge is 0.495 e. The molecule has 0 spiro atoms. The molecule has 138 valence electrons. The highest BCUT2D eigenvalue weighted by Crippen LogP contribution is 2.30. The number of hydrogen-bond donors (Lipinski definition) is 2. The number of benzene rings is 2. The molecule has 0 fully saturated rings. The molecule has 26 heavy (non-hydrogen) atoms. The molecule has 2 aromatic rings. The fourth-order valence-electron chi connectivity index (χ4n) is 2.33. The van der Waals surface area contributed by atoms with Crippen LogP contribution in [-0.4, -0.2) is 26.0 Å². The van der Waals surface area contributed by atoms with Crippen LogP contribution in [0.15, 0.2) is 42.5 Å². The van der Waals surface area contributed by atoms with Crippen LogP contribution >= 0.6 is 0 Å². The fraction of sp³-hybridized carbons (Fsp3) is 0.300. The summed E-state index contributed by atoms with van der Waals surface area (Å²) in [7, 11) is 3.05. The first-order chi connectivity index (χ1) is 12.3. The molecule has 2 rings (SSSR count). The number of carbonyl (C=O) groups is 2. The highest BCUT2D eigenvalue weighted by Gasteiger charge is 2.37. The van der Waals surface area contributed by atoms with Crippen LogP contribution < -0.4 is 20.1 Å². The molecule has 0 heterocycles. The van der Waals surface area contributed by atoms with Gasteiger partial charge in [0.2, 0.25) is 11.8 Å². The normalized spacial score (nSPS) is 10.8. The molecule has 0 saturated heterocycles. The minimum atomic E-state index is -1.31. The number of hydrogen-bond acceptors (Lipinski definition) is 4. The lowest BCUT2D eigenvalue weighted by Crippen LogP contribution is -2.41. The van der Waals surface area contributed by atoms with E-state index in [1.54, 1.807) is 50.2 Å². The van der Waals surface area contributed by atoms with Gasteiger partial charge in [0.25, 0.3) is 0 Å². The summed E-state index contributed by atoms with van der Waals surface area (Å²) in [6, 6.07) is 12.5. The maximum Gasteiger partial charge on any atom is 0.239 e. The zero-order valence-corrected chi connectivity index (χ0v) is 15.7. The molecule has 0 aromatic heterocycles. The summed E-state index contributed by atoms with van der Waals surface area (Å²) in [4.78, 5) is 25.4. The van der Waals surface area contributed by atoms with E-state index in [0.29, 0.717) is 22.9 Å². The molecule has 0 aliphatic heterocycles. The quantitative estimate of drug-likeness (QED) is 0.775. The Bertz CT molecular complexity index is 815. The molecular formula is C20H24N2O4. The number of amides is 2. The Kier molecular flexibility index (Phi) is 5.87. The third-order valence-electron chi connectivity index (χ3n) is 4.09. The zero-order chi connectivity index (χ0) is 19.3. The zero-order valence-electron chi connectivity index (χ0n) is 15.7. The van der Waals surface area contributed by atoms with Crippen LogP contribution in [0.4, 0.5) is 11.4 Å². The van der Waals surface area contributed by atoms with E-state index in [0.717, 1.165) is 5.56 Å². The summed E-state index contributed by atoms with van der Waals surface area (Å²) in [5.41, 5.74) is 0.692. The number of aryl methyl sites for hydroxylation is 1. The van der Waals surface area contributed by atoms with Crippen LogP contribution in [0.5, 0.6) is 11.5 Å². The Morgan fingerprint density at radius 2 is 1.38 bits per heavy atom. The molecule has 2 amide bonds. The lowest BCUT2D eigenvalue weighted by atomic mass is 9.90. The van der Waals surface area contributed by atoms with E-state index in [-0.39, 0.29) is 0 Å². The Hall–Kier alpha value is -3.02.